The quantitative estimate of drug-likeness (QED) is 0.706. The molecule has 2 atom stereocenters. The Hall–Kier alpha value is -2.99. The van der Waals surface area contributed by atoms with Gasteiger partial charge in [0.25, 0.3) is 0 Å². The van der Waals surface area contributed by atoms with Gasteiger partial charge in [-0.2, -0.15) is 5.26 Å². The van der Waals surface area contributed by atoms with Crippen LogP contribution in [0.1, 0.15) is 30.4 Å². The number of aryl methyl sites for hydroxylation is 1. The fourth-order valence-electron chi connectivity index (χ4n) is 4.47. The highest BCUT2D eigenvalue weighted by Gasteiger charge is 2.42. The first-order chi connectivity index (χ1) is 14.8. The summed E-state index contributed by atoms with van der Waals surface area (Å²) in [6.07, 6.45) is 3.27. The minimum Gasteiger partial charge on any atom is -0.347 e. The Bertz CT molecular complexity index is 1110. The van der Waals surface area contributed by atoms with Crippen molar-refractivity contribution in [2.24, 2.45) is 0 Å². The highest BCUT2D eigenvalue weighted by molar-refractivity contribution is 7.91. The molecule has 2 unspecified atom stereocenters. The van der Waals surface area contributed by atoms with E-state index in [0.29, 0.717) is 24.2 Å². The minimum atomic E-state index is -3.75. The molecule has 2 bridgehead atoms. The van der Waals surface area contributed by atoms with Crippen molar-refractivity contribution in [3.63, 3.8) is 0 Å². The van der Waals surface area contributed by atoms with Gasteiger partial charge in [-0.1, -0.05) is 0 Å². The number of pyridine rings is 1. The van der Waals surface area contributed by atoms with Crippen LogP contribution in [-0.2, 0) is 14.6 Å². The van der Waals surface area contributed by atoms with Crippen LogP contribution in [0.25, 0.3) is 0 Å². The number of nitriles is 1. The third-order valence-electron chi connectivity index (χ3n) is 5.94. The van der Waals surface area contributed by atoms with E-state index < -0.39 is 15.7 Å². The van der Waals surface area contributed by atoms with Crippen LogP contribution in [0.15, 0.2) is 41.4 Å². The summed E-state index contributed by atoms with van der Waals surface area (Å²) >= 11 is 0. The molecule has 2 fully saturated rings. The van der Waals surface area contributed by atoms with Gasteiger partial charge in [-0.25, -0.2) is 17.8 Å². The van der Waals surface area contributed by atoms with Gasteiger partial charge in [-0.15, -0.1) is 0 Å². The molecule has 0 saturated carbocycles. The van der Waals surface area contributed by atoms with Crippen LogP contribution in [0.5, 0.6) is 0 Å². The van der Waals surface area contributed by atoms with Crippen molar-refractivity contribution in [1.29, 1.82) is 5.26 Å². The van der Waals surface area contributed by atoms with Crippen LogP contribution in [0.4, 0.5) is 10.2 Å². The molecular weight excluding hydrogens is 419 g/mol. The lowest BCUT2D eigenvalue weighted by atomic mass is 10.1. The molecule has 2 aliphatic rings. The molecular formula is C22H23FN4O3S. The number of amides is 1. The molecule has 0 aliphatic carbocycles. The summed E-state index contributed by atoms with van der Waals surface area (Å²) in [4.78, 5) is 21.0. The summed E-state index contributed by atoms with van der Waals surface area (Å²) in [6, 6.07) is 9.54. The van der Waals surface area contributed by atoms with Gasteiger partial charge in [0.05, 0.1) is 16.2 Å². The molecule has 0 spiro atoms. The van der Waals surface area contributed by atoms with E-state index in [0.717, 1.165) is 24.7 Å². The van der Waals surface area contributed by atoms with Crippen molar-refractivity contribution in [1.82, 2.24) is 9.88 Å². The summed E-state index contributed by atoms with van der Waals surface area (Å²) in [5.74, 6) is -0.362. The largest absolute Gasteiger partial charge is 0.347 e. The molecule has 2 aliphatic heterocycles. The van der Waals surface area contributed by atoms with E-state index >= 15 is 0 Å². The van der Waals surface area contributed by atoms with Gasteiger partial charge >= 0.3 is 0 Å². The third kappa shape index (κ3) is 4.39. The van der Waals surface area contributed by atoms with Crippen LogP contribution >= 0.6 is 0 Å². The normalized spacial score (nSPS) is 20.5. The zero-order valence-corrected chi connectivity index (χ0v) is 18.0. The van der Waals surface area contributed by atoms with E-state index in [1.165, 1.54) is 12.1 Å². The van der Waals surface area contributed by atoms with Crippen molar-refractivity contribution in [2.45, 2.75) is 43.2 Å². The monoisotopic (exact) mass is 442 g/mol. The SMILES string of the molecule is Cc1cc(F)cc(S(=O)(=O)CCC(=O)N2CC3CCC(C2)N3c2ccc(C#N)cn2)c1. The Morgan fingerprint density at radius 2 is 1.94 bits per heavy atom. The van der Waals surface area contributed by atoms with E-state index in [1.54, 1.807) is 24.1 Å². The van der Waals surface area contributed by atoms with Gasteiger partial charge in [0.2, 0.25) is 5.91 Å². The number of hydrogen-bond donors (Lipinski definition) is 0. The van der Waals surface area contributed by atoms with E-state index in [1.807, 2.05) is 6.07 Å². The molecule has 9 heteroatoms. The lowest BCUT2D eigenvalue weighted by Gasteiger charge is -2.41. The zero-order chi connectivity index (χ0) is 22.2. The van der Waals surface area contributed by atoms with Crippen LogP contribution < -0.4 is 4.90 Å². The molecule has 0 N–H and O–H groups in total. The molecule has 1 amide bonds. The molecule has 2 saturated heterocycles. The third-order valence-corrected chi connectivity index (χ3v) is 7.63. The number of nitrogens with zero attached hydrogens (tertiary/aromatic N) is 4. The number of halogens is 1. The van der Waals surface area contributed by atoms with Crippen LogP contribution in [0.2, 0.25) is 0 Å². The van der Waals surface area contributed by atoms with Crippen molar-refractivity contribution < 1.29 is 17.6 Å². The summed E-state index contributed by atoms with van der Waals surface area (Å²) in [7, 11) is -3.75. The Morgan fingerprint density at radius 3 is 2.52 bits per heavy atom. The van der Waals surface area contributed by atoms with Gasteiger partial charge in [0.15, 0.2) is 9.84 Å². The maximum Gasteiger partial charge on any atom is 0.223 e. The van der Waals surface area contributed by atoms with Crippen LogP contribution in [-0.4, -0.2) is 55.1 Å². The van der Waals surface area contributed by atoms with Crippen molar-refractivity contribution >= 4 is 21.6 Å². The summed E-state index contributed by atoms with van der Waals surface area (Å²) in [5, 5.41) is 8.95. The van der Waals surface area contributed by atoms with E-state index in [2.05, 4.69) is 16.0 Å². The first kappa shape index (κ1) is 21.2. The molecule has 2 aromatic rings. The molecule has 162 valence electrons. The number of likely N-dealkylation sites (tertiary alicyclic amines) is 1. The first-order valence-corrected chi connectivity index (χ1v) is 11.8. The number of hydrogen-bond acceptors (Lipinski definition) is 6. The van der Waals surface area contributed by atoms with Crippen molar-refractivity contribution in [2.75, 3.05) is 23.7 Å². The molecule has 3 heterocycles. The zero-order valence-electron chi connectivity index (χ0n) is 17.2. The van der Waals surface area contributed by atoms with Gasteiger partial charge in [-0.3, -0.25) is 4.79 Å². The van der Waals surface area contributed by atoms with Crippen molar-refractivity contribution in [3.05, 3.63) is 53.5 Å². The maximum absolute atomic E-state index is 13.6. The number of rotatable bonds is 5. The molecule has 4 rings (SSSR count). The lowest BCUT2D eigenvalue weighted by Crippen LogP contribution is -2.55. The predicted octanol–water partition coefficient (Wildman–Crippen LogP) is 2.44. The topological polar surface area (TPSA) is 94.4 Å². The lowest BCUT2D eigenvalue weighted by molar-refractivity contribution is -0.131. The summed E-state index contributed by atoms with van der Waals surface area (Å²) in [5.41, 5.74) is 1.02. The van der Waals surface area contributed by atoms with Crippen LogP contribution in [0.3, 0.4) is 0 Å². The first-order valence-electron chi connectivity index (χ1n) is 10.2. The van der Waals surface area contributed by atoms with Gasteiger partial charge in [-0.05, 0) is 55.7 Å². The maximum atomic E-state index is 13.6. The molecule has 1 aromatic carbocycles. The number of carbonyl (C=O) groups is 1. The second kappa shape index (κ2) is 8.27. The highest BCUT2D eigenvalue weighted by Crippen LogP contribution is 2.34. The predicted molar refractivity (Wildman–Crippen MR) is 113 cm³/mol. The number of anilines is 1. The Balaban J connectivity index is 1.40. The minimum absolute atomic E-state index is 0.0884. The standard InChI is InChI=1S/C22H23FN4O3S/c1-15-8-17(23)10-20(9-15)31(29,30)7-6-22(28)26-13-18-3-4-19(14-26)27(18)21-5-2-16(11-24)12-25-21/h2,5,8-10,12,18-19H,3-4,6-7,13-14H2,1H3. The number of sulfone groups is 1. The van der Waals surface area contributed by atoms with Crippen molar-refractivity contribution in [3.8, 4) is 6.07 Å². The average Bonchev–Trinajstić information content (AvgIpc) is 3.00. The number of fused-ring (bicyclic) bond motifs is 2. The Kier molecular flexibility index (Phi) is 5.67. The summed E-state index contributed by atoms with van der Waals surface area (Å²) < 4.78 is 38.7. The summed E-state index contributed by atoms with van der Waals surface area (Å²) in [6.45, 7) is 2.65. The Morgan fingerprint density at radius 1 is 1.23 bits per heavy atom. The second-order valence-corrected chi connectivity index (χ2v) is 10.3. The number of aromatic nitrogens is 1. The van der Waals surface area contributed by atoms with E-state index in [-0.39, 0.29) is 35.1 Å². The molecule has 31 heavy (non-hydrogen) atoms. The van der Waals surface area contributed by atoms with E-state index in [4.69, 9.17) is 5.26 Å². The molecule has 0 radical (unpaired) electrons. The average molecular weight is 443 g/mol. The van der Waals surface area contributed by atoms with Gasteiger partial charge in [0, 0.05) is 37.8 Å². The number of carbonyl (C=O) groups excluding carboxylic acids is 1. The van der Waals surface area contributed by atoms with Gasteiger partial charge < -0.3 is 9.80 Å². The molecule has 7 nitrogen and oxygen atoms in total. The van der Waals surface area contributed by atoms with Crippen LogP contribution in [0, 0.1) is 24.1 Å². The fraction of sp³-hybridized carbons (Fsp3) is 0.409. The smallest absolute Gasteiger partial charge is 0.223 e. The number of piperazine rings is 1. The fourth-order valence-corrected chi connectivity index (χ4v) is 5.80. The number of benzene rings is 1. The highest BCUT2D eigenvalue weighted by atomic mass is 32.2. The van der Waals surface area contributed by atoms with Gasteiger partial charge in [0.1, 0.15) is 17.7 Å². The second-order valence-electron chi connectivity index (χ2n) is 8.14. The van der Waals surface area contributed by atoms with E-state index in [9.17, 15) is 17.6 Å². The Labute approximate surface area is 181 Å². The molecule has 1 aromatic heterocycles.